The first kappa shape index (κ1) is 28.2. The van der Waals surface area contributed by atoms with Gasteiger partial charge in [-0.2, -0.15) is 0 Å². The van der Waals surface area contributed by atoms with Gasteiger partial charge in [0.25, 0.3) is 0 Å². The van der Waals surface area contributed by atoms with Crippen LogP contribution < -0.4 is 21.7 Å². The average Bonchev–Trinajstić information content (AvgIpc) is 3.85. The van der Waals surface area contributed by atoms with E-state index in [-0.39, 0.29) is 23.8 Å². The summed E-state index contributed by atoms with van der Waals surface area (Å²) in [7, 11) is 0. The van der Waals surface area contributed by atoms with Gasteiger partial charge in [-0.15, -0.1) is 0 Å². The molecule has 4 aliphatic rings. The molecule has 1 amide bonds. The molecule has 0 bridgehead atoms. The van der Waals surface area contributed by atoms with E-state index in [4.69, 9.17) is 5.73 Å². The highest BCUT2D eigenvalue weighted by Crippen LogP contribution is 2.54. The molecule has 1 fully saturated rings. The number of hydrogen-bond acceptors (Lipinski definition) is 5. The molecule has 5 unspecified atom stereocenters. The zero-order valence-electron chi connectivity index (χ0n) is 25.3. The lowest BCUT2D eigenvalue weighted by molar-refractivity contribution is -0.123. The van der Waals surface area contributed by atoms with Crippen molar-refractivity contribution >= 4 is 22.9 Å². The number of anilines is 2. The number of nitrogens with one attached hydrogen (secondary N) is 3. The van der Waals surface area contributed by atoms with Crippen molar-refractivity contribution in [3.05, 3.63) is 120 Å². The molecule has 1 saturated carbocycles. The molecule has 5 atom stereocenters. The third-order valence-electron chi connectivity index (χ3n) is 9.71. The number of benzene rings is 2. The largest absolute Gasteiger partial charge is 0.397 e. The molecule has 6 nitrogen and oxygen atoms in total. The first-order valence-electron chi connectivity index (χ1n) is 16.0. The fourth-order valence-electron chi connectivity index (χ4n) is 7.12. The molecule has 224 valence electrons. The summed E-state index contributed by atoms with van der Waals surface area (Å²) < 4.78 is 0. The Labute approximate surface area is 260 Å². The van der Waals surface area contributed by atoms with Crippen LogP contribution in [0, 0.1) is 17.8 Å². The molecular formula is C38H41N5O. The average molecular weight is 584 g/mol. The first-order chi connectivity index (χ1) is 21.5. The number of nitrogen functional groups attached to an aromatic ring is 1. The second-order valence-electron chi connectivity index (χ2n) is 12.7. The number of carbonyl (C=O) groups is 1. The van der Waals surface area contributed by atoms with Crippen molar-refractivity contribution in [2.24, 2.45) is 17.8 Å². The van der Waals surface area contributed by atoms with Gasteiger partial charge in [-0.25, -0.2) is 0 Å². The van der Waals surface area contributed by atoms with Crippen molar-refractivity contribution < 1.29 is 4.79 Å². The maximum absolute atomic E-state index is 13.0. The number of rotatable bonds is 8. The standard InChI is InChI=1S/C38H41N5O/c1-24(42-35-11-5-10-31(37(35)39)29-9-6-17-40-22-29)30-15-13-27-21-33(27)32-14-12-25(20-34(30)32)19-28-16-18-41-23-36(28)43-38(44)26-7-3-2-4-8-26/h2-7,9-12,14-15,17,20,22-24,26-28,33,41-42H,8,13,16,18-19,21,39H2,1H3,(H,43,44). The zero-order valence-corrected chi connectivity index (χ0v) is 25.3. The number of pyridine rings is 1. The highest BCUT2D eigenvalue weighted by Gasteiger charge is 2.41. The van der Waals surface area contributed by atoms with Crippen LogP contribution in [0.5, 0.6) is 0 Å². The first-order valence-corrected chi connectivity index (χ1v) is 16.0. The normalized spacial score (nSPS) is 24.0. The lowest BCUT2D eigenvalue weighted by Gasteiger charge is -2.28. The Morgan fingerprint density at radius 1 is 1.11 bits per heavy atom. The molecule has 2 aromatic carbocycles. The quantitative estimate of drug-likeness (QED) is 0.215. The van der Waals surface area contributed by atoms with Gasteiger partial charge in [0.1, 0.15) is 0 Å². The van der Waals surface area contributed by atoms with Gasteiger partial charge in [-0.05, 0) is 85.3 Å². The summed E-state index contributed by atoms with van der Waals surface area (Å²) in [6.07, 6.45) is 21.1. The number of nitrogens with zero attached hydrogens (tertiary/aromatic N) is 1. The number of fused-ring (bicyclic) bond motifs is 3. The van der Waals surface area contributed by atoms with Crippen LogP contribution in [0.1, 0.15) is 55.2 Å². The third-order valence-corrected chi connectivity index (χ3v) is 9.71. The zero-order chi connectivity index (χ0) is 30.0. The smallest absolute Gasteiger partial charge is 0.231 e. The fraction of sp³-hybridized carbons (Fsp3) is 0.316. The maximum Gasteiger partial charge on any atom is 0.231 e. The minimum Gasteiger partial charge on any atom is -0.397 e. The lowest BCUT2D eigenvalue weighted by atomic mass is 9.86. The molecule has 7 rings (SSSR count). The van der Waals surface area contributed by atoms with Crippen LogP contribution in [0.4, 0.5) is 11.4 Å². The number of allylic oxidation sites excluding steroid dienone is 5. The van der Waals surface area contributed by atoms with Crippen LogP contribution in [-0.4, -0.2) is 23.5 Å². The van der Waals surface area contributed by atoms with Crippen molar-refractivity contribution in [1.29, 1.82) is 0 Å². The van der Waals surface area contributed by atoms with E-state index in [1.165, 1.54) is 28.7 Å². The second-order valence-corrected chi connectivity index (χ2v) is 12.7. The summed E-state index contributed by atoms with van der Waals surface area (Å²) in [5.74, 6) is 1.61. The number of aromatic nitrogens is 1. The van der Waals surface area contributed by atoms with Crippen molar-refractivity contribution in [3.63, 3.8) is 0 Å². The van der Waals surface area contributed by atoms with Crippen LogP contribution in [0.2, 0.25) is 0 Å². The second kappa shape index (κ2) is 12.2. The Kier molecular flexibility index (Phi) is 7.82. The van der Waals surface area contributed by atoms with Gasteiger partial charge >= 0.3 is 0 Å². The summed E-state index contributed by atoms with van der Waals surface area (Å²) >= 11 is 0. The molecule has 0 saturated heterocycles. The van der Waals surface area contributed by atoms with Gasteiger partial charge in [-0.1, -0.05) is 66.8 Å². The molecule has 1 aromatic heterocycles. The Morgan fingerprint density at radius 2 is 2.05 bits per heavy atom. The van der Waals surface area contributed by atoms with Gasteiger partial charge < -0.3 is 21.7 Å². The van der Waals surface area contributed by atoms with Gasteiger partial charge in [-0.3, -0.25) is 9.78 Å². The van der Waals surface area contributed by atoms with Crippen molar-refractivity contribution in [2.75, 3.05) is 17.6 Å². The Bertz CT molecular complexity index is 1670. The Balaban J connectivity index is 1.12. The summed E-state index contributed by atoms with van der Waals surface area (Å²) in [6.45, 7) is 3.16. The molecule has 1 aliphatic heterocycles. The summed E-state index contributed by atoms with van der Waals surface area (Å²) in [6, 6.07) is 17.4. The molecule has 6 heteroatoms. The third kappa shape index (κ3) is 5.81. The van der Waals surface area contributed by atoms with Crippen molar-refractivity contribution in [3.8, 4) is 11.1 Å². The van der Waals surface area contributed by atoms with E-state index in [0.29, 0.717) is 5.92 Å². The molecule has 3 aromatic rings. The summed E-state index contributed by atoms with van der Waals surface area (Å²) in [4.78, 5) is 17.3. The van der Waals surface area contributed by atoms with E-state index in [2.05, 4.69) is 76.4 Å². The van der Waals surface area contributed by atoms with E-state index in [0.717, 1.165) is 66.3 Å². The van der Waals surface area contributed by atoms with Gasteiger partial charge in [0.15, 0.2) is 0 Å². The van der Waals surface area contributed by atoms with Gasteiger partial charge in [0.2, 0.25) is 5.91 Å². The van der Waals surface area contributed by atoms with E-state index in [9.17, 15) is 4.79 Å². The van der Waals surface area contributed by atoms with Crippen molar-refractivity contribution in [2.45, 2.75) is 51.0 Å². The molecular weight excluding hydrogens is 542 g/mol. The van der Waals surface area contributed by atoms with Crippen LogP contribution in [0.3, 0.4) is 0 Å². The molecule has 0 spiro atoms. The van der Waals surface area contributed by atoms with Crippen LogP contribution in [0.25, 0.3) is 16.7 Å². The van der Waals surface area contributed by atoms with Crippen LogP contribution in [0.15, 0.2) is 103 Å². The van der Waals surface area contributed by atoms with E-state index in [1.54, 1.807) is 6.20 Å². The highest BCUT2D eigenvalue weighted by molar-refractivity contribution is 5.87. The van der Waals surface area contributed by atoms with Crippen molar-refractivity contribution in [1.82, 2.24) is 15.6 Å². The van der Waals surface area contributed by atoms with E-state index < -0.39 is 0 Å². The molecule has 3 aliphatic carbocycles. The molecule has 0 radical (unpaired) electrons. The predicted octanol–water partition coefficient (Wildman–Crippen LogP) is 6.96. The number of nitrogens with two attached hydrogens (primary N) is 1. The molecule has 5 N–H and O–H groups in total. The molecule has 44 heavy (non-hydrogen) atoms. The van der Waals surface area contributed by atoms with E-state index in [1.807, 2.05) is 42.8 Å². The minimum absolute atomic E-state index is 0.0734. The maximum atomic E-state index is 13.0. The van der Waals surface area contributed by atoms with Gasteiger partial charge in [0, 0.05) is 53.9 Å². The summed E-state index contributed by atoms with van der Waals surface area (Å²) in [5.41, 5.74) is 16.9. The topological polar surface area (TPSA) is 92.1 Å². The number of amides is 1. The highest BCUT2D eigenvalue weighted by atomic mass is 16.1. The van der Waals surface area contributed by atoms with Crippen LogP contribution in [-0.2, 0) is 11.2 Å². The number of carbonyl (C=O) groups excluding carboxylic acids is 1. The lowest BCUT2D eigenvalue weighted by Crippen LogP contribution is -2.37. The minimum atomic E-state index is -0.108. The number of hydrogen-bond donors (Lipinski definition) is 4. The Hall–Kier alpha value is -4.58. The van der Waals surface area contributed by atoms with Crippen LogP contribution >= 0.6 is 0 Å². The SMILES string of the molecule is CC(Nc1cccc(-c2cccnc2)c1N)C1=CCC2CC2c2ccc(CC3CCNC=C3NC(=O)C3C=CC=CC3)cc21. The van der Waals surface area contributed by atoms with E-state index >= 15 is 0 Å². The summed E-state index contributed by atoms with van der Waals surface area (Å²) in [5, 5.41) is 10.4. The molecule has 2 heterocycles. The monoisotopic (exact) mass is 583 g/mol. The number of para-hydroxylation sites is 1. The Morgan fingerprint density at radius 3 is 2.89 bits per heavy atom. The van der Waals surface area contributed by atoms with Gasteiger partial charge in [0.05, 0.1) is 17.3 Å². The predicted molar refractivity (Wildman–Crippen MR) is 179 cm³/mol. The fourth-order valence-corrected chi connectivity index (χ4v) is 7.12.